The van der Waals surface area contributed by atoms with Gasteiger partial charge in [0.05, 0.1) is 5.60 Å². The number of ether oxygens (including phenoxy) is 3. The van der Waals surface area contributed by atoms with Crippen LogP contribution in [0.4, 0.5) is 0 Å². The maximum absolute atomic E-state index is 5.94. The van der Waals surface area contributed by atoms with E-state index in [-0.39, 0.29) is 5.60 Å². The Balaban J connectivity index is 1.52. The number of fused-ring (bicyclic) bond motifs is 1. The molecule has 1 fully saturated rings. The second-order valence-corrected chi connectivity index (χ2v) is 8.17. The topological polar surface area (TPSA) is 39.7 Å². The smallest absolute Gasteiger partial charge is 0.231 e. The van der Waals surface area contributed by atoms with Crippen LogP contribution in [0.15, 0.2) is 18.2 Å². The summed E-state index contributed by atoms with van der Waals surface area (Å²) in [6.07, 6.45) is 3.51. The lowest BCUT2D eigenvalue weighted by Crippen LogP contribution is -2.45. The van der Waals surface area contributed by atoms with E-state index in [0.717, 1.165) is 37.6 Å². The highest BCUT2D eigenvalue weighted by molar-refractivity contribution is 5.44. The molecule has 1 aromatic carbocycles. The molecule has 2 heterocycles. The first-order valence-electron chi connectivity index (χ1n) is 9.13. The Kier molecular flexibility index (Phi) is 5.07. The fourth-order valence-corrected chi connectivity index (χ4v) is 4.13. The predicted octanol–water partition coefficient (Wildman–Crippen LogP) is 4.13. The third-order valence-corrected chi connectivity index (χ3v) is 5.66. The molecule has 4 nitrogen and oxygen atoms in total. The molecular weight excluding hydrogens is 302 g/mol. The Morgan fingerprint density at radius 3 is 2.71 bits per heavy atom. The standard InChI is InChI=1S/C20H31NO3/c1-15(2)20(8-10-24-19(3,4)13-20)7-9-21-12-16-5-6-17-18(11-16)23-14-22-17/h5-6,11,15,21H,7-10,12-14H2,1-4H3. The van der Waals surface area contributed by atoms with Crippen LogP contribution in [0.2, 0.25) is 0 Å². The molecule has 1 saturated heterocycles. The highest BCUT2D eigenvalue weighted by Crippen LogP contribution is 2.46. The summed E-state index contributed by atoms with van der Waals surface area (Å²) in [5.41, 5.74) is 1.62. The average Bonchev–Trinajstić information content (AvgIpc) is 2.98. The van der Waals surface area contributed by atoms with Crippen molar-refractivity contribution in [2.45, 2.75) is 59.1 Å². The van der Waals surface area contributed by atoms with Crippen molar-refractivity contribution < 1.29 is 14.2 Å². The SMILES string of the molecule is CC(C)C1(CCNCc2ccc3c(c2)OCO3)CCOC(C)(C)C1. The van der Waals surface area contributed by atoms with Crippen LogP contribution in [0.25, 0.3) is 0 Å². The highest BCUT2D eigenvalue weighted by atomic mass is 16.7. The minimum atomic E-state index is -0.000156. The van der Waals surface area contributed by atoms with Crippen LogP contribution in [0, 0.1) is 11.3 Å². The van der Waals surface area contributed by atoms with Gasteiger partial charge in [-0.25, -0.2) is 0 Å². The van der Waals surface area contributed by atoms with Gasteiger partial charge >= 0.3 is 0 Å². The van der Waals surface area contributed by atoms with E-state index in [1.54, 1.807) is 0 Å². The van der Waals surface area contributed by atoms with Crippen molar-refractivity contribution in [3.05, 3.63) is 23.8 Å². The number of rotatable bonds is 6. The third-order valence-electron chi connectivity index (χ3n) is 5.66. The summed E-state index contributed by atoms with van der Waals surface area (Å²) in [6.45, 7) is 12.3. The second-order valence-electron chi connectivity index (χ2n) is 8.17. The molecule has 1 atom stereocenters. The lowest BCUT2D eigenvalue weighted by molar-refractivity contribution is -0.121. The number of benzene rings is 1. The molecular formula is C20H31NO3. The van der Waals surface area contributed by atoms with E-state index in [1.807, 2.05) is 6.07 Å². The van der Waals surface area contributed by atoms with Gasteiger partial charge in [-0.1, -0.05) is 19.9 Å². The van der Waals surface area contributed by atoms with Gasteiger partial charge in [0.25, 0.3) is 0 Å². The lowest BCUT2D eigenvalue weighted by Gasteiger charge is -2.48. The maximum atomic E-state index is 5.94. The Morgan fingerprint density at radius 1 is 1.17 bits per heavy atom. The van der Waals surface area contributed by atoms with Gasteiger partial charge < -0.3 is 19.5 Å². The zero-order chi connectivity index (χ0) is 17.2. The van der Waals surface area contributed by atoms with Crippen LogP contribution in [-0.4, -0.2) is 25.5 Å². The molecule has 0 bridgehead atoms. The first-order valence-corrected chi connectivity index (χ1v) is 9.13. The molecule has 3 rings (SSSR count). The minimum absolute atomic E-state index is 0.000156. The molecule has 1 N–H and O–H groups in total. The van der Waals surface area contributed by atoms with Crippen molar-refractivity contribution in [2.24, 2.45) is 11.3 Å². The molecule has 4 heteroatoms. The molecule has 24 heavy (non-hydrogen) atoms. The maximum Gasteiger partial charge on any atom is 0.231 e. The molecule has 0 spiro atoms. The van der Waals surface area contributed by atoms with Crippen LogP contribution >= 0.6 is 0 Å². The lowest BCUT2D eigenvalue weighted by atomic mass is 9.65. The zero-order valence-electron chi connectivity index (χ0n) is 15.5. The van der Waals surface area contributed by atoms with Gasteiger partial charge in [-0.15, -0.1) is 0 Å². The van der Waals surface area contributed by atoms with Crippen LogP contribution < -0.4 is 14.8 Å². The number of nitrogens with one attached hydrogen (secondary N) is 1. The fourth-order valence-electron chi connectivity index (χ4n) is 4.13. The normalized spacial score (nSPS) is 25.2. The van der Waals surface area contributed by atoms with Gasteiger partial charge in [0.2, 0.25) is 6.79 Å². The molecule has 0 aromatic heterocycles. The molecule has 0 aliphatic carbocycles. The Hall–Kier alpha value is -1.26. The van der Waals surface area contributed by atoms with Crippen molar-refractivity contribution in [1.82, 2.24) is 5.32 Å². The van der Waals surface area contributed by atoms with Crippen LogP contribution in [0.1, 0.15) is 52.5 Å². The van der Waals surface area contributed by atoms with Crippen molar-refractivity contribution >= 4 is 0 Å². The van der Waals surface area contributed by atoms with Crippen LogP contribution in [0.5, 0.6) is 11.5 Å². The van der Waals surface area contributed by atoms with Gasteiger partial charge in [0.1, 0.15) is 0 Å². The van der Waals surface area contributed by atoms with Gasteiger partial charge in [0, 0.05) is 13.2 Å². The predicted molar refractivity (Wildman–Crippen MR) is 95.4 cm³/mol. The third kappa shape index (κ3) is 3.86. The van der Waals surface area contributed by atoms with Gasteiger partial charge in [0.15, 0.2) is 11.5 Å². The van der Waals surface area contributed by atoms with E-state index in [9.17, 15) is 0 Å². The van der Waals surface area contributed by atoms with Crippen molar-refractivity contribution in [3.8, 4) is 11.5 Å². The van der Waals surface area contributed by atoms with E-state index in [1.165, 1.54) is 18.4 Å². The first kappa shape index (κ1) is 17.6. The fraction of sp³-hybridized carbons (Fsp3) is 0.700. The number of hydrogen-bond donors (Lipinski definition) is 1. The summed E-state index contributed by atoms with van der Waals surface area (Å²) in [4.78, 5) is 0. The molecule has 1 unspecified atom stereocenters. The van der Waals surface area contributed by atoms with Gasteiger partial charge in [-0.3, -0.25) is 0 Å². The van der Waals surface area contributed by atoms with Crippen LogP contribution in [0.3, 0.4) is 0 Å². The molecule has 134 valence electrons. The molecule has 2 aliphatic heterocycles. The summed E-state index contributed by atoms with van der Waals surface area (Å²) in [7, 11) is 0. The summed E-state index contributed by atoms with van der Waals surface area (Å²) in [5, 5.41) is 3.61. The van der Waals surface area contributed by atoms with E-state index < -0.39 is 0 Å². The largest absolute Gasteiger partial charge is 0.454 e. The molecule has 0 radical (unpaired) electrons. The first-order chi connectivity index (χ1) is 11.4. The van der Waals surface area contributed by atoms with E-state index in [0.29, 0.717) is 18.1 Å². The molecule has 0 saturated carbocycles. The molecule has 0 amide bonds. The number of hydrogen-bond acceptors (Lipinski definition) is 4. The van der Waals surface area contributed by atoms with E-state index in [2.05, 4.69) is 45.1 Å². The summed E-state index contributed by atoms with van der Waals surface area (Å²) in [6, 6.07) is 6.18. The van der Waals surface area contributed by atoms with E-state index in [4.69, 9.17) is 14.2 Å². The Labute approximate surface area is 145 Å². The summed E-state index contributed by atoms with van der Waals surface area (Å²) < 4.78 is 16.8. The van der Waals surface area contributed by atoms with Crippen molar-refractivity contribution in [2.75, 3.05) is 19.9 Å². The van der Waals surface area contributed by atoms with Crippen molar-refractivity contribution in [3.63, 3.8) is 0 Å². The average molecular weight is 333 g/mol. The zero-order valence-corrected chi connectivity index (χ0v) is 15.5. The highest BCUT2D eigenvalue weighted by Gasteiger charge is 2.42. The van der Waals surface area contributed by atoms with E-state index >= 15 is 0 Å². The molecule has 1 aromatic rings. The monoisotopic (exact) mass is 333 g/mol. The van der Waals surface area contributed by atoms with Gasteiger partial charge in [-0.05, 0) is 68.7 Å². The quantitative estimate of drug-likeness (QED) is 0.795. The van der Waals surface area contributed by atoms with Crippen LogP contribution in [-0.2, 0) is 11.3 Å². The second kappa shape index (κ2) is 6.93. The minimum Gasteiger partial charge on any atom is -0.454 e. The Morgan fingerprint density at radius 2 is 1.96 bits per heavy atom. The van der Waals surface area contributed by atoms with Crippen molar-refractivity contribution in [1.29, 1.82) is 0 Å². The Bertz CT molecular complexity index is 570. The summed E-state index contributed by atoms with van der Waals surface area (Å²) >= 11 is 0. The summed E-state index contributed by atoms with van der Waals surface area (Å²) in [5.74, 6) is 2.38. The molecule has 2 aliphatic rings. The van der Waals surface area contributed by atoms with Gasteiger partial charge in [-0.2, -0.15) is 0 Å².